The van der Waals surface area contributed by atoms with E-state index < -0.39 is 16.1 Å². The molecule has 0 spiro atoms. The summed E-state index contributed by atoms with van der Waals surface area (Å²) in [5, 5.41) is 5.39. The van der Waals surface area contributed by atoms with E-state index in [4.69, 9.17) is 11.6 Å². The molecule has 0 fully saturated rings. The maximum absolute atomic E-state index is 12.4. The lowest BCUT2D eigenvalue weighted by Crippen LogP contribution is -2.26. The fraction of sp³-hybridized carbons (Fsp3) is 0.286. The van der Waals surface area contributed by atoms with Gasteiger partial charge in [0.15, 0.2) is 0 Å². The van der Waals surface area contributed by atoms with Crippen molar-refractivity contribution in [3.05, 3.63) is 51.9 Å². The first-order valence-electron chi connectivity index (χ1n) is 6.43. The summed E-state index contributed by atoms with van der Waals surface area (Å²) in [5.74, 6) is 0. The molecule has 0 bridgehead atoms. The standard InChI is InChI=1S/C14H17ClN2O2S2/c1-10(12-5-3-4-6-13(12)15)17-21(18,19)14-7-11(8-16-2)9-20-14/h3-7,9-10,16-17H,8H2,1-2H3. The van der Waals surface area contributed by atoms with Gasteiger partial charge in [0.25, 0.3) is 10.0 Å². The number of sulfonamides is 1. The van der Waals surface area contributed by atoms with E-state index in [1.54, 1.807) is 19.1 Å². The van der Waals surface area contributed by atoms with E-state index in [1.807, 2.05) is 30.6 Å². The fourth-order valence-corrected chi connectivity index (χ4v) is 4.72. The van der Waals surface area contributed by atoms with E-state index in [9.17, 15) is 8.42 Å². The van der Waals surface area contributed by atoms with Crippen LogP contribution in [0.2, 0.25) is 5.02 Å². The molecule has 21 heavy (non-hydrogen) atoms. The molecule has 0 aliphatic carbocycles. The number of hydrogen-bond donors (Lipinski definition) is 2. The number of hydrogen-bond acceptors (Lipinski definition) is 4. The van der Waals surface area contributed by atoms with Crippen molar-refractivity contribution < 1.29 is 8.42 Å². The summed E-state index contributed by atoms with van der Waals surface area (Å²) in [5.41, 5.74) is 1.71. The van der Waals surface area contributed by atoms with E-state index in [-0.39, 0.29) is 0 Å². The monoisotopic (exact) mass is 344 g/mol. The molecule has 1 aromatic carbocycles. The molecule has 2 aromatic rings. The molecule has 2 N–H and O–H groups in total. The van der Waals surface area contributed by atoms with Gasteiger partial charge in [-0.3, -0.25) is 0 Å². The number of nitrogens with one attached hydrogen (secondary N) is 2. The van der Waals surface area contributed by atoms with E-state index in [1.165, 1.54) is 11.3 Å². The van der Waals surface area contributed by atoms with Gasteiger partial charge in [-0.2, -0.15) is 0 Å². The summed E-state index contributed by atoms with van der Waals surface area (Å²) in [6.45, 7) is 2.42. The van der Waals surface area contributed by atoms with Crippen molar-refractivity contribution in [1.29, 1.82) is 0 Å². The van der Waals surface area contributed by atoms with Crippen molar-refractivity contribution in [2.75, 3.05) is 7.05 Å². The molecule has 2 rings (SSSR count). The van der Waals surface area contributed by atoms with Crippen molar-refractivity contribution in [2.45, 2.75) is 23.7 Å². The molecule has 4 nitrogen and oxygen atoms in total. The quantitative estimate of drug-likeness (QED) is 0.846. The first kappa shape index (κ1) is 16.5. The summed E-state index contributed by atoms with van der Waals surface area (Å²) in [6, 6.07) is 8.51. The second-order valence-corrected chi connectivity index (χ2v) is 7.93. The van der Waals surface area contributed by atoms with Gasteiger partial charge in [-0.15, -0.1) is 11.3 Å². The van der Waals surface area contributed by atoms with Gasteiger partial charge in [0.1, 0.15) is 4.21 Å². The summed E-state index contributed by atoms with van der Waals surface area (Å²) < 4.78 is 27.7. The Morgan fingerprint density at radius 1 is 1.33 bits per heavy atom. The van der Waals surface area contributed by atoms with E-state index in [2.05, 4.69) is 10.0 Å². The van der Waals surface area contributed by atoms with E-state index in [0.29, 0.717) is 15.8 Å². The lowest BCUT2D eigenvalue weighted by molar-refractivity contribution is 0.569. The molecule has 0 saturated heterocycles. The van der Waals surface area contributed by atoms with Gasteiger partial charge in [0.05, 0.1) is 0 Å². The molecule has 0 aliphatic rings. The Labute approximate surface area is 134 Å². The van der Waals surface area contributed by atoms with Gasteiger partial charge < -0.3 is 5.32 Å². The van der Waals surface area contributed by atoms with Crippen LogP contribution in [-0.2, 0) is 16.6 Å². The van der Waals surface area contributed by atoms with E-state index >= 15 is 0 Å². The molecule has 114 valence electrons. The first-order chi connectivity index (χ1) is 9.94. The summed E-state index contributed by atoms with van der Waals surface area (Å²) in [4.78, 5) is 0. The molecule has 1 heterocycles. The largest absolute Gasteiger partial charge is 0.316 e. The Hall–Kier alpha value is -0.920. The van der Waals surface area contributed by atoms with Crippen molar-refractivity contribution >= 4 is 33.0 Å². The van der Waals surface area contributed by atoms with Crippen molar-refractivity contribution in [1.82, 2.24) is 10.0 Å². The SMILES string of the molecule is CNCc1csc(S(=O)(=O)NC(C)c2ccccc2Cl)c1. The van der Waals surface area contributed by atoms with Gasteiger partial charge in [-0.1, -0.05) is 29.8 Å². The van der Waals surface area contributed by atoms with Crippen LogP contribution in [0.15, 0.2) is 39.9 Å². The smallest absolute Gasteiger partial charge is 0.250 e. The predicted octanol–water partition coefficient (Wildman–Crippen LogP) is 3.16. The fourth-order valence-electron chi connectivity index (χ4n) is 1.97. The Morgan fingerprint density at radius 3 is 2.71 bits per heavy atom. The minimum absolute atomic E-state index is 0.312. The average Bonchev–Trinajstić information content (AvgIpc) is 2.88. The van der Waals surface area contributed by atoms with Crippen molar-refractivity contribution in [2.24, 2.45) is 0 Å². The molecule has 0 amide bonds. The molecule has 1 unspecified atom stereocenters. The molecular formula is C14H17ClN2O2S2. The second-order valence-electron chi connectivity index (χ2n) is 4.67. The Kier molecular flexibility index (Phi) is 5.40. The summed E-state index contributed by atoms with van der Waals surface area (Å²) >= 11 is 7.31. The highest BCUT2D eigenvalue weighted by atomic mass is 35.5. The molecule has 0 aliphatic heterocycles. The van der Waals surface area contributed by atoms with Crippen LogP contribution in [0.25, 0.3) is 0 Å². The molecule has 1 aromatic heterocycles. The van der Waals surface area contributed by atoms with Gasteiger partial charge in [0.2, 0.25) is 0 Å². The third-order valence-corrected chi connectivity index (χ3v) is 6.35. The van der Waals surface area contributed by atoms with Crippen LogP contribution in [0, 0.1) is 0 Å². The van der Waals surface area contributed by atoms with Crippen LogP contribution < -0.4 is 10.0 Å². The van der Waals surface area contributed by atoms with Gasteiger partial charge in [-0.05, 0) is 42.6 Å². The van der Waals surface area contributed by atoms with Crippen LogP contribution in [0.1, 0.15) is 24.1 Å². The molecule has 0 radical (unpaired) electrons. The maximum atomic E-state index is 12.4. The lowest BCUT2D eigenvalue weighted by Gasteiger charge is -2.15. The van der Waals surface area contributed by atoms with Crippen molar-refractivity contribution in [3.63, 3.8) is 0 Å². The number of thiophene rings is 1. The molecular weight excluding hydrogens is 328 g/mol. The van der Waals surface area contributed by atoms with Crippen LogP contribution in [0.3, 0.4) is 0 Å². The number of halogens is 1. The third-order valence-electron chi connectivity index (χ3n) is 2.98. The highest BCUT2D eigenvalue weighted by Crippen LogP contribution is 2.26. The van der Waals surface area contributed by atoms with Gasteiger partial charge in [-0.25, -0.2) is 13.1 Å². The molecule has 7 heteroatoms. The first-order valence-corrected chi connectivity index (χ1v) is 9.17. The summed E-state index contributed by atoms with van der Waals surface area (Å²) in [6.07, 6.45) is 0. The second kappa shape index (κ2) is 6.89. The number of benzene rings is 1. The van der Waals surface area contributed by atoms with Crippen LogP contribution >= 0.6 is 22.9 Å². The Balaban J connectivity index is 2.18. The Bertz CT molecular complexity index is 713. The summed E-state index contributed by atoms with van der Waals surface area (Å²) in [7, 11) is -1.72. The Morgan fingerprint density at radius 2 is 2.05 bits per heavy atom. The maximum Gasteiger partial charge on any atom is 0.250 e. The van der Waals surface area contributed by atoms with Gasteiger partial charge >= 0.3 is 0 Å². The predicted molar refractivity (Wildman–Crippen MR) is 87.3 cm³/mol. The van der Waals surface area contributed by atoms with Crippen LogP contribution in [0.4, 0.5) is 0 Å². The topological polar surface area (TPSA) is 58.2 Å². The third kappa shape index (κ3) is 4.05. The zero-order chi connectivity index (χ0) is 15.5. The van der Waals surface area contributed by atoms with Crippen LogP contribution in [0.5, 0.6) is 0 Å². The normalized spacial score (nSPS) is 13.3. The van der Waals surface area contributed by atoms with Crippen LogP contribution in [-0.4, -0.2) is 15.5 Å². The zero-order valence-electron chi connectivity index (χ0n) is 11.8. The number of rotatable bonds is 6. The minimum Gasteiger partial charge on any atom is -0.316 e. The lowest BCUT2D eigenvalue weighted by atomic mass is 10.1. The minimum atomic E-state index is -3.54. The van der Waals surface area contributed by atoms with Gasteiger partial charge in [0, 0.05) is 17.6 Å². The zero-order valence-corrected chi connectivity index (χ0v) is 14.1. The highest BCUT2D eigenvalue weighted by molar-refractivity contribution is 7.91. The highest BCUT2D eigenvalue weighted by Gasteiger charge is 2.21. The molecule has 0 saturated carbocycles. The van der Waals surface area contributed by atoms with Crippen molar-refractivity contribution in [3.8, 4) is 0 Å². The average molecular weight is 345 g/mol. The molecule has 1 atom stereocenters. The van der Waals surface area contributed by atoms with E-state index in [0.717, 1.165) is 11.1 Å².